The molecule has 1 atom stereocenters. The van der Waals surface area contributed by atoms with Gasteiger partial charge in [-0.05, 0) is 55.7 Å². The quantitative estimate of drug-likeness (QED) is 0.302. The lowest BCUT2D eigenvalue weighted by molar-refractivity contribution is -0.141. The van der Waals surface area contributed by atoms with Gasteiger partial charge in [0.15, 0.2) is 0 Å². The maximum Gasteiger partial charge on any atom is 0.261 e. The lowest BCUT2D eigenvalue weighted by atomic mass is 10.0. The molecule has 1 N–H and O–H groups in total. The van der Waals surface area contributed by atoms with Gasteiger partial charge in [-0.3, -0.25) is 24.1 Å². The van der Waals surface area contributed by atoms with E-state index in [1.807, 2.05) is 44.2 Å². The minimum Gasteiger partial charge on any atom is -0.352 e. The Morgan fingerprint density at radius 1 is 0.850 bits per heavy atom. The molecule has 3 aromatic carbocycles. The van der Waals surface area contributed by atoms with Gasteiger partial charge in [-0.15, -0.1) is 0 Å². The van der Waals surface area contributed by atoms with Crippen molar-refractivity contribution >= 4 is 46.8 Å². The first-order valence-corrected chi connectivity index (χ1v) is 13.9. The molecule has 7 nitrogen and oxygen atoms in total. The van der Waals surface area contributed by atoms with Gasteiger partial charge in [0.25, 0.3) is 11.8 Å². The maximum absolute atomic E-state index is 13.8. The molecule has 4 rings (SSSR count). The number of carbonyl (C=O) groups excluding carboxylic acids is 4. The van der Waals surface area contributed by atoms with E-state index >= 15 is 0 Å². The fourth-order valence-electron chi connectivity index (χ4n) is 4.74. The molecule has 0 fully saturated rings. The first-order valence-electron chi connectivity index (χ1n) is 13.2. The fourth-order valence-corrected chi connectivity index (χ4v) is 5.06. The van der Waals surface area contributed by atoms with Gasteiger partial charge in [0.1, 0.15) is 6.04 Å². The number of fused-ring (bicyclic) bond motifs is 1. The van der Waals surface area contributed by atoms with E-state index in [0.29, 0.717) is 27.6 Å². The third kappa shape index (κ3) is 6.90. The van der Waals surface area contributed by atoms with Crippen LogP contribution >= 0.6 is 23.2 Å². The van der Waals surface area contributed by atoms with E-state index in [9.17, 15) is 19.2 Å². The van der Waals surface area contributed by atoms with E-state index in [-0.39, 0.29) is 55.6 Å². The highest BCUT2D eigenvalue weighted by molar-refractivity contribution is 6.42. The predicted molar refractivity (Wildman–Crippen MR) is 155 cm³/mol. The number of carbonyl (C=O) groups is 4. The molecular weight excluding hydrogens is 549 g/mol. The van der Waals surface area contributed by atoms with Crippen molar-refractivity contribution in [3.8, 4) is 0 Å². The van der Waals surface area contributed by atoms with Crippen molar-refractivity contribution in [3.05, 3.63) is 105 Å². The standard InChI is InChI=1S/C31H31Cl2N3O4/c1-20(2)34-29(38)27(18-21-9-4-3-5-10-21)36(19-22-14-15-25(32)26(33)17-22)28(37)13-8-16-35-30(39)23-11-6-7-12-24(23)31(35)40/h3-7,9-12,14-15,17,20,27H,8,13,16,18-19H2,1-2H3,(H,34,38)/t27-/m1/s1. The van der Waals surface area contributed by atoms with Crippen molar-refractivity contribution in [1.82, 2.24) is 15.1 Å². The maximum atomic E-state index is 13.8. The molecule has 4 amide bonds. The number of hydrogen-bond donors (Lipinski definition) is 1. The second kappa shape index (κ2) is 13.1. The van der Waals surface area contributed by atoms with Crippen LogP contribution in [0.3, 0.4) is 0 Å². The smallest absolute Gasteiger partial charge is 0.261 e. The summed E-state index contributed by atoms with van der Waals surface area (Å²) in [5.41, 5.74) is 2.37. The largest absolute Gasteiger partial charge is 0.352 e. The van der Waals surface area contributed by atoms with E-state index in [2.05, 4.69) is 5.32 Å². The number of amides is 4. The molecule has 0 aromatic heterocycles. The van der Waals surface area contributed by atoms with Crippen LogP contribution in [0, 0.1) is 0 Å². The summed E-state index contributed by atoms with van der Waals surface area (Å²) in [4.78, 5) is 55.5. The molecular formula is C31H31Cl2N3O4. The van der Waals surface area contributed by atoms with Crippen LogP contribution in [-0.4, -0.2) is 52.1 Å². The molecule has 0 saturated carbocycles. The second-order valence-corrected chi connectivity index (χ2v) is 10.9. The van der Waals surface area contributed by atoms with E-state index < -0.39 is 6.04 Å². The zero-order valence-corrected chi connectivity index (χ0v) is 23.9. The van der Waals surface area contributed by atoms with Crippen LogP contribution in [0.1, 0.15) is 58.5 Å². The number of benzene rings is 3. The lowest BCUT2D eigenvalue weighted by Gasteiger charge is -2.32. The molecule has 0 aliphatic carbocycles. The van der Waals surface area contributed by atoms with Gasteiger partial charge in [-0.25, -0.2) is 0 Å². The van der Waals surface area contributed by atoms with E-state index in [1.165, 1.54) is 4.90 Å². The summed E-state index contributed by atoms with van der Waals surface area (Å²) in [6, 6.07) is 20.4. The van der Waals surface area contributed by atoms with Gasteiger partial charge < -0.3 is 10.2 Å². The average molecular weight is 581 g/mol. The summed E-state index contributed by atoms with van der Waals surface area (Å²) in [7, 11) is 0. The Balaban J connectivity index is 1.56. The first kappa shape index (κ1) is 29.3. The summed E-state index contributed by atoms with van der Waals surface area (Å²) < 4.78 is 0. The molecule has 9 heteroatoms. The molecule has 0 radical (unpaired) electrons. The van der Waals surface area contributed by atoms with Crippen molar-refractivity contribution in [2.24, 2.45) is 0 Å². The normalized spacial score (nSPS) is 13.4. The fraction of sp³-hybridized carbons (Fsp3) is 0.290. The van der Waals surface area contributed by atoms with Crippen molar-refractivity contribution in [3.63, 3.8) is 0 Å². The van der Waals surface area contributed by atoms with Crippen molar-refractivity contribution in [2.45, 2.75) is 51.7 Å². The van der Waals surface area contributed by atoms with Crippen molar-refractivity contribution in [2.75, 3.05) is 6.54 Å². The predicted octanol–water partition coefficient (Wildman–Crippen LogP) is 5.53. The summed E-state index contributed by atoms with van der Waals surface area (Å²) in [5, 5.41) is 3.69. The number of imide groups is 1. The summed E-state index contributed by atoms with van der Waals surface area (Å²) in [6.07, 6.45) is 0.603. The Morgan fingerprint density at radius 2 is 1.48 bits per heavy atom. The van der Waals surface area contributed by atoms with Gasteiger partial charge in [-0.2, -0.15) is 0 Å². The Bertz CT molecular complexity index is 1380. The third-order valence-electron chi connectivity index (χ3n) is 6.69. The molecule has 0 spiro atoms. The van der Waals surface area contributed by atoms with Crippen LogP contribution < -0.4 is 5.32 Å². The summed E-state index contributed by atoms with van der Waals surface area (Å²) in [5.74, 6) is -1.27. The highest BCUT2D eigenvalue weighted by Crippen LogP contribution is 2.26. The van der Waals surface area contributed by atoms with Crippen LogP contribution in [0.4, 0.5) is 0 Å². The number of nitrogens with one attached hydrogen (secondary N) is 1. The van der Waals surface area contributed by atoms with Crippen LogP contribution in [0.5, 0.6) is 0 Å². The van der Waals surface area contributed by atoms with Crippen LogP contribution in [-0.2, 0) is 22.6 Å². The van der Waals surface area contributed by atoms with Crippen molar-refractivity contribution in [1.29, 1.82) is 0 Å². The number of hydrogen-bond acceptors (Lipinski definition) is 4. The molecule has 3 aromatic rings. The van der Waals surface area contributed by atoms with Gasteiger partial charge in [-0.1, -0.05) is 71.7 Å². The van der Waals surface area contributed by atoms with Gasteiger partial charge >= 0.3 is 0 Å². The zero-order valence-electron chi connectivity index (χ0n) is 22.4. The Morgan fingerprint density at radius 3 is 2.08 bits per heavy atom. The minimum atomic E-state index is -0.800. The van der Waals surface area contributed by atoms with Gasteiger partial charge in [0.05, 0.1) is 21.2 Å². The lowest BCUT2D eigenvalue weighted by Crippen LogP contribution is -2.51. The van der Waals surface area contributed by atoms with E-state index in [4.69, 9.17) is 23.2 Å². The van der Waals surface area contributed by atoms with Crippen LogP contribution in [0.25, 0.3) is 0 Å². The number of rotatable bonds is 11. The Hall–Kier alpha value is -3.68. The SMILES string of the molecule is CC(C)NC(=O)[C@@H](Cc1ccccc1)N(Cc1ccc(Cl)c(Cl)c1)C(=O)CCCN1C(=O)c2ccccc2C1=O. The van der Waals surface area contributed by atoms with Crippen LogP contribution in [0.15, 0.2) is 72.8 Å². The topological polar surface area (TPSA) is 86.8 Å². The highest BCUT2D eigenvalue weighted by Gasteiger charge is 2.35. The summed E-state index contributed by atoms with van der Waals surface area (Å²) >= 11 is 12.4. The van der Waals surface area contributed by atoms with E-state index in [0.717, 1.165) is 11.1 Å². The molecule has 208 valence electrons. The highest BCUT2D eigenvalue weighted by atomic mass is 35.5. The second-order valence-electron chi connectivity index (χ2n) is 10.0. The van der Waals surface area contributed by atoms with Crippen molar-refractivity contribution < 1.29 is 19.2 Å². The first-order chi connectivity index (χ1) is 19.2. The minimum absolute atomic E-state index is 0.0367. The summed E-state index contributed by atoms with van der Waals surface area (Å²) in [6.45, 7) is 3.96. The van der Waals surface area contributed by atoms with Gasteiger partial charge in [0.2, 0.25) is 11.8 Å². The zero-order chi connectivity index (χ0) is 28.8. The molecule has 1 aliphatic rings. The molecule has 1 aliphatic heterocycles. The third-order valence-corrected chi connectivity index (χ3v) is 7.43. The molecule has 1 heterocycles. The Kier molecular flexibility index (Phi) is 9.61. The number of nitrogens with zero attached hydrogens (tertiary/aromatic N) is 2. The molecule has 0 saturated heterocycles. The average Bonchev–Trinajstić information content (AvgIpc) is 3.17. The Labute approximate surface area is 244 Å². The van der Waals surface area contributed by atoms with E-state index in [1.54, 1.807) is 47.4 Å². The van der Waals surface area contributed by atoms with Crippen LogP contribution in [0.2, 0.25) is 10.0 Å². The monoisotopic (exact) mass is 579 g/mol. The molecule has 0 unspecified atom stereocenters. The number of halogens is 2. The molecule has 40 heavy (non-hydrogen) atoms. The van der Waals surface area contributed by atoms with Gasteiger partial charge in [0, 0.05) is 32.0 Å². The molecule has 0 bridgehead atoms.